The van der Waals surface area contributed by atoms with Gasteiger partial charge in [-0.25, -0.2) is 0 Å². The van der Waals surface area contributed by atoms with Gasteiger partial charge >= 0.3 is 0 Å². The standard InChI is InChI=1S/C15H21Br/c1-11-4-6-14(7-5-11)15(3)9-8-13(10-16)12(15)2/h4,7,13H,2,5-6,8-10H2,1,3H3/t13-,15-/m1/s1. The first-order chi connectivity index (χ1) is 7.58. The summed E-state index contributed by atoms with van der Waals surface area (Å²) in [6, 6.07) is 0. The molecular weight excluding hydrogens is 260 g/mol. The first-order valence-electron chi connectivity index (χ1n) is 6.18. The zero-order chi connectivity index (χ0) is 11.8. The number of alkyl halides is 1. The van der Waals surface area contributed by atoms with E-state index in [1.54, 1.807) is 5.57 Å². The fraction of sp³-hybridized carbons (Fsp3) is 0.600. The highest BCUT2D eigenvalue weighted by atomic mass is 79.9. The average Bonchev–Trinajstić information content (AvgIpc) is 2.58. The van der Waals surface area contributed by atoms with Crippen molar-refractivity contribution in [2.75, 3.05) is 5.33 Å². The van der Waals surface area contributed by atoms with Crippen LogP contribution in [0.25, 0.3) is 0 Å². The fourth-order valence-corrected chi connectivity index (χ4v) is 3.69. The van der Waals surface area contributed by atoms with Crippen LogP contribution in [-0.4, -0.2) is 5.33 Å². The Morgan fingerprint density at radius 1 is 1.44 bits per heavy atom. The van der Waals surface area contributed by atoms with Crippen LogP contribution in [0.2, 0.25) is 0 Å². The van der Waals surface area contributed by atoms with Crippen LogP contribution in [0.3, 0.4) is 0 Å². The second kappa shape index (κ2) is 4.52. The second-order valence-electron chi connectivity index (χ2n) is 5.44. The Morgan fingerprint density at radius 3 is 2.69 bits per heavy atom. The highest BCUT2D eigenvalue weighted by Crippen LogP contribution is 2.52. The number of rotatable bonds is 2. The molecule has 2 aliphatic carbocycles. The Morgan fingerprint density at radius 2 is 2.19 bits per heavy atom. The SMILES string of the molecule is C=C1[C@@H](CBr)CC[C@@]1(C)C1=CCC(C)=CC1. The number of allylic oxidation sites excluding steroid dienone is 5. The molecule has 0 aromatic heterocycles. The maximum atomic E-state index is 4.36. The van der Waals surface area contributed by atoms with Crippen molar-refractivity contribution < 1.29 is 0 Å². The van der Waals surface area contributed by atoms with E-state index in [-0.39, 0.29) is 5.41 Å². The molecule has 0 spiro atoms. The topological polar surface area (TPSA) is 0 Å². The molecular formula is C15H21Br. The first kappa shape index (κ1) is 12.2. The average molecular weight is 281 g/mol. The summed E-state index contributed by atoms with van der Waals surface area (Å²) in [5.41, 5.74) is 4.83. The predicted octanol–water partition coefficient (Wildman–Crippen LogP) is 5.02. The van der Waals surface area contributed by atoms with Crippen LogP contribution in [-0.2, 0) is 0 Å². The van der Waals surface area contributed by atoms with Gasteiger partial charge in [0.05, 0.1) is 0 Å². The molecule has 0 aromatic rings. The van der Waals surface area contributed by atoms with Gasteiger partial charge < -0.3 is 0 Å². The van der Waals surface area contributed by atoms with Crippen molar-refractivity contribution >= 4 is 15.9 Å². The van der Waals surface area contributed by atoms with Crippen molar-refractivity contribution in [3.63, 3.8) is 0 Å². The maximum absolute atomic E-state index is 4.36. The number of hydrogen-bond donors (Lipinski definition) is 0. The van der Waals surface area contributed by atoms with Crippen LogP contribution in [0, 0.1) is 11.3 Å². The highest BCUT2D eigenvalue weighted by molar-refractivity contribution is 9.09. The predicted molar refractivity (Wildman–Crippen MR) is 74.8 cm³/mol. The molecule has 2 atom stereocenters. The van der Waals surface area contributed by atoms with Crippen molar-refractivity contribution in [1.29, 1.82) is 0 Å². The molecule has 0 aromatic carbocycles. The van der Waals surface area contributed by atoms with Crippen LogP contribution in [0.5, 0.6) is 0 Å². The van der Waals surface area contributed by atoms with E-state index in [4.69, 9.17) is 0 Å². The Bertz CT molecular complexity index is 362. The van der Waals surface area contributed by atoms with E-state index in [1.807, 2.05) is 0 Å². The third-order valence-electron chi connectivity index (χ3n) is 4.43. The maximum Gasteiger partial charge on any atom is 0.00972 e. The van der Waals surface area contributed by atoms with E-state index in [0.717, 1.165) is 18.2 Å². The largest absolute Gasteiger partial charge is 0.0987 e. The van der Waals surface area contributed by atoms with Gasteiger partial charge in [-0.1, -0.05) is 58.3 Å². The minimum atomic E-state index is 0.273. The van der Waals surface area contributed by atoms with E-state index in [2.05, 4.69) is 48.5 Å². The summed E-state index contributed by atoms with van der Waals surface area (Å²) in [5, 5.41) is 1.07. The molecule has 0 amide bonds. The molecule has 0 radical (unpaired) electrons. The Balaban J connectivity index is 2.18. The van der Waals surface area contributed by atoms with Crippen molar-refractivity contribution in [3.8, 4) is 0 Å². The molecule has 0 N–H and O–H groups in total. The van der Waals surface area contributed by atoms with Crippen LogP contribution in [0.4, 0.5) is 0 Å². The third kappa shape index (κ3) is 1.95. The summed E-state index contributed by atoms with van der Waals surface area (Å²) in [4.78, 5) is 0. The Kier molecular flexibility index (Phi) is 3.44. The Hall–Kier alpha value is -0.300. The van der Waals surface area contributed by atoms with E-state index < -0.39 is 0 Å². The lowest BCUT2D eigenvalue weighted by molar-refractivity contribution is 0.481. The molecule has 1 saturated carbocycles. The van der Waals surface area contributed by atoms with Gasteiger partial charge in [0.2, 0.25) is 0 Å². The molecule has 0 nitrogen and oxygen atoms in total. The van der Waals surface area contributed by atoms with E-state index in [0.29, 0.717) is 5.92 Å². The van der Waals surface area contributed by atoms with Gasteiger partial charge in [0, 0.05) is 10.7 Å². The summed E-state index contributed by atoms with van der Waals surface area (Å²) in [6.07, 6.45) is 9.67. The molecule has 2 rings (SSSR count). The van der Waals surface area contributed by atoms with Gasteiger partial charge in [0.15, 0.2) is 0 Å². The van der Waals surface area contributed by atoms with Crippen molar-refractivity contribution in [3.05, 3.63) is 35.5 Å². The summed E-state index contributed by atoms with van der Waals surface area (Å²) in [5.74, 6) is 0.679. The summed E-state index contributed by atoms with van der Waals surface area (Å²) in [7, 11) is 0. The summed E-state index contributed by atoms with van der Waals surface area (Å²) in [6.45, 7) is 8.97. The molecule has 88 valence electrons. The lowest BCUT2D eigenvalue weighted by Crippen LogP contribution is -2.19. The van der Waals surface area contributed by atoms with Gasteiger partial charge in [-0.3, -0.25) is 0 Å². The molecule has 0 aliphatic heterocycles. The zero-order valence-electron chi connectivity index (χ0n) is 10.4. The minimum absolute atomic E-state index is 0.273. The highest BCUT2D eigenvalue weighted by Gasteiger charge is 2.40. The monoisotopic (exact) mass is 280 g/mol. The van der Waals surface area contributed by atoms with Crippen LogP contribution >= 0.6 is 15.9 Å². The van der Waals surface area contributed by atoms with Crippen molar-refractivity contribution in [2.24, 2.45) is 11.3 Å². The fourth-order valence-electron chi connectivity index (χ4n) is 2.97. The number of halogens is 1. The molecule has 1 fully saturated rings. The summed E-state index contributed by atoms with van der Waals surface area (Å²) < 4.78 is 0. The first-order valence-corrected chi connectivity index (χ1v) is 7.30. The van der Waals surface area contributed by atoms with Gasteiger partial charge in [-0.2, -0.15) is 0 Å². The third-order valence-corrected chi connectivity index (χ3v) is 5.21. The van der Waals surface area contributed by atoms with Crippen molar-refractivity contribution in [1.82, 2.24) is 0 Å². The quantitative estimate of drug-likeness (QED) is 0.492. The lowest BCUT2D eigenvalue weighted by Gasteiger charge is -2.31. The van der Waals surface area contributed by atoms with Crippen LogP contribution in [0.15, 0.2) is 35.5 Å². The van der Waals surface area contributed by atoms with E-state index in [9.17, 15) is 0 Å². The molecule has 1 heteroatoms. The smallest absolute Gasteiger partial charge is 0.00972 e. The van der Waals surface area contributed by atoms with E-state index in [1.165, 1.54) is 24.0 Å². The molecule has 0 bridgehead atoms. The van der Waals surface area contributed by atoms with Gasteiger partial charge in [0.25, 0.3) is 0 Å². The second-order valence-corrected chi connectivity index (χ2v) is 6.08. The summed E-state index contributed by atoms with van der Waals surface area (Å²) >= 11 is 3.61. The van der Waals surface area contributed by atoms with Crippen LogP contribution in [0.1, 0.15) is 39.5 Å². The molecule has 0 heterocycles. The molecule has 0 unspecified atom stereocenters. The van der Waals surface area contributed by atoms with Crippen LogP contribution < -0.4 is 0 Å². The lowest BCUT2D eigenvalue weighted by atomic mass is 9.73. The molecule has 2 aliphatic rings. The van der Waals surface area contributed by atoms with Crippen molar-refractivity contribution in [2.45, 2.75) is 39.5 Å². The number of hydrogen-bond acceptors (Lipinski definition) is 0. The van der Waals surface area contributed by atoms with E-state index >= 15 is 0 Å². The normalized spacial score (nSPS) is 34.9. The zero-order valence-corrected chi connectivity index (χ0v) is 11.9. The minimum Gasteiger partial charge on any atom is -0.0987 e. The Labute approximate surface area is 108 Å². The van der Waals surface area contributed by atoms with Gasteiger partial charge in [-0.05, 0) is 38.5 Å². The molecule has 0 saturated heterocycles. The molecule has 16 heavy (non-hydrogen) atoms. The van der Waals surface area contributed by atoms with Gasteiger partial charge in [-0.15, -0.1) is 0 Å². The van der Waals surface area contributed by atoms with Gasteiger partial charge in [0.1, 0.15) is 0 Å².